The molecule has 2 fully saturated rings. The first-order valence-electron chi connectivity index (χ1n) is 5.35. The second-order valence-electron chi connectivity index (χ2n) is 5.66. The van der Waals surface area contributed by atoms with Crippen LogP contribution in [0.4, 0.5) is 0 Å². The molecule has 2 nitrogen and oxygen atoms in total. The number of ketones is 2. The van der Waals surface area contributed by atoms with Crippen LogP contribution in [0.2, 0.25) is 10.6 Å². The molecule has 0 radical (unpaired) electrons. The van der Waals surface area contributed by atoms with E-state index in [0.29, 0.717) is 0 Å². The standard InChI is InChI=1S/C12H16O2Se2/c1-11(2)5-15-7(9(11)13)8-10(14)12(3,4)6-16-8/h5-6H2,1-4H3/b8-7-. The third-order valence-electron chi connectivity index (χ3n) is 3.00. The average Bonchev–Trinajstić information content (AvgIpc) is 2.57. The zero-order chi connectivity index (χ0) is 12.1. The van der Waals surface area contributed by atoms with Gasteiger partial charge in [0.1, 0.15) is 0 Å². The molecule has 0 N–H and O–H groups in total. The van der Waals surface area contributed by atoms with Crippen molar-refractivity contribution in [1.82, 2.24) is 0 Å². The number of carbonyl (C=O) groups is 2. The molecule has 0 aromatic heterocycles. The summed E-state index contributed by atoms with van der Waals surface area (Å²) >= 11 is 0.460. The molecule has 88 valence electrons. The Morgan fingerprint density at radius 1 is 0.812 bits per heavy atom. The van der Waals surface area contributed by atoms with E-state index in [9.17, 15) is 9.59 Å². The van der Waals surface area contributed by atoms with E-state index in [1.54, 1.807) is 0 Å². The Kier molecular flexibility index (Phi) is 3.00. The second-order valence-corrected chi connectivity index (χ2v) is 9.80. The van der Waals surface area contributed by atoms with Gasteiger partial charge in [-0.15, -0.1) is 0 Å². The van der Waals surface area contributed by atoms with Crippen molar-refractivity contribution in [3.8, 4) is 0 Å². The van der Waals surface area contributed by atoms with Gasteiger partial charge in [-0.3, -0.25) is 0 Å². The Balaban J connectivity index is 2.40. The molecule has 0 spiro atoms. The predicted octanol–water partition coefficient (Wildman–Crippen LogP) is 1.66. The Hall–Kier alpha value is 0.119. The molecular formula is C12H16O2Se2. The summed E-state index contributed by atoms with van der Waals surface area (Å²) in [7, 11) is 0. The number of rotatable bonds is 0. The Labute approximate surface area is 109 Å². The minimum absolute atomic E-state index is 0.217. The van der Waals surface area contributed by atoms with Crippen LogP contribution in [0.3, 0.4) is 0 Å². The van der Waals surface area contributed by atoms with Crippen LogP contribution in [0.1, 0.15) is 27.7 Å². The van der Waals surface area contributed by atoms with Crippen molar-refractivity contribution in [3.05, 3.63) is 8.94 Å². The van der Waals surface area contributed by atoms with Gasteiger partial charge in [0.15, 0.2) is 0 Å². The van der Waals surface area contributed by atoms with Gasteiger partial charge in [-0.1, -0.05) is 0 Å². The Morgan fingerprint density at radius 2 is 1.12 bits per heavy atom. The molecule has 0 saturated carbocycles. The SMILES string of the molecule is CC1(C)C[Se]/C(=C2\[Se]CC(C)(C)C2=O)C1=O. The molecule has 2 rings (SSSR count). The topological polar surface area (TPSA) is 34.1 Å². The minimum atomic E-state index is -0.217. The van der Waals surface area contributed by atoms with E-state index in [4.69, 9.17) is 0 Å². The number of hydrogen-bond donors (Lipinski definition) is 0. The van der Waals surface area contributed by atoms with E-state index >= 15 is 0 Å². The molecule has 0 bridgehead atoms. The van der Waals surface area contributed by atoms with Gasteiger partial charge in [0, 0.05) is 0 Å². The van der Waals surface area contributed by atoms with Gasteiger partial charge in [0.25, 0.3) is 0 Å². The maximum atomic E-state index is 12.2. The fourth-order valence-electron chi connectivity index (χ4n) is 1.72. The summed E-state index contributed by atoms with van der Waals surface area (Å²) in [6.45, 7) is 8.01. The third-order valence-corrected chi connectivity index (χ3v) is 10.1. The van der Waals surface area contributed by atoms with Gasteiger partial charge >= 0.3 is 109 Å². The van der Waals surface area contributed by atoms with E-state index in [0.717, 1.165) is 19.6 Å². The van der Waals surface area contributed by atoms with Gasteiger partial charge in [-0.2, -0.15) is 0 Å². The van der Waals surface area contributed by atoms with Crippen molar-refractivity contribution < 1.29 is 9.59 Å². The van der Waals surface area contributed by atoms with Gasteiger partial charge < -0.3 is 0 Å². The summed E-state index contributed by atoms with van der Waals surface area (Å²) in [6, 6.07) is 0. The van der Waals surface area contributed by atoms with Crippen LogP contribution in [-0.4, -0.2) is 41.5 Å². The van der Waals surface area contributed by atoms with Crippen molar-refractivity contribution in [2.45, 2.75) is 38.3 Å². The van der Waals surface area contributed by atoms with Crippen molar-refractivity contribution >= 4 is 41.5 Å². The van der Waals surface area contributed by atoms with E-state index in [1.807, 2.05) is 27.7 Å². The maximum absolute atomic E-state index is 12.2. The molecule has 2 aliphatic rings. The predicted molar refractivity (Wildman–Crippen MR) is 65.7 cm³/mol. The quantitative estimate of drug-likeness (QED) is 0.492. The Morgan fingerprint density at radius 3 is 1.31 bits per heavy atom. The molecule has 2 aliphatic heterocycles. The second kappa shape index (κ2) is 3.81. The first-order chi connectivity index (χ1) is 7.26. The summed E-state index contributed by atoms with van der Waals surface area (Å²) in [5.41, 5.74) is -0.434. The normalized spacial score (nSPS) is 32.5. The Bertz CT molecular complexity index is 367. The zero-order valence-electron chi connectivity index (χ0n) is 10.0. The number of hydrogen-bond acceptors (Lipinski definition) is 2. The molecule has 16 heavy (non-hydrogen) atoms. The summed E-state index contributed by atoms with van der Waals surface area (Å²) in [5.74, 6) is 0.492. The summed E-state index contributed by atoms with van der Waals surface area (Å²) in [5, 5.41) is 1.92. The molecule has 4 heteroatoms. The van der Waals surface area contributed by atoms with E-state index in [2.05, 4.69) is 0 Å². The van der Waals surface area contributed by atoms with Crippen LogP contribution in [0.15, 0.2) is 8.94 Å². The van der Waals surface area contributed by atoms with Crippen molar-refractivity contribution in [2.24, 2.45) is 10.8 Å². The molecule has 0 amide bonds. The fourth-order valence-corrected chi connectivity index (χ4v) is 8.32. The van der Waals surface area contributed by atoms with Gasteiger partial charge in [-0.05, 0) is 0 Å². The van der Waals surface area contributed by atoms with Crippen LogP contribution < -0.4 is 0 Å². The first-order valence-corrected chi connectivity index (χ1v) is 9.49. The molecule has 0 aromatic carbocycles. The van der Waals surface area contributed by atoms with Crippen molar-refractivity contribution in [3.63, 3.8) is 0 Å². The van der Waals surface area contributed by atoms with Gasteiger partial charge in [0.2, 0.25) is 0 Å². The summed E-state index contributed by atoms with van der Waals surface area (Å²) in [6.07, 6.45) is 0. The molecule has 0 aliphatic carbocycles. The monoisotopic (exact) mass is 352 g/mol. The molecule has 2 heterocycles. The fraction of sp³-hybridized carbons (Fsp3) is 0.667. The summed E-state index contributed by atoms with van der Waals surface area (Å²) < 4.78 is 1.85. The van der Waals surface area contributed by atoms with E-state index in [1.165, 1.54) is 0 Å². The molecular weight excluding hydrogens is 334 g/mol. The number of carbonyl (C=O) groups excluding carboxylic acids is 2. The van der Waals surface area contributed by atoms with E-state index in [-0.39, 0.29) is 52.3 Å². The van der Waals surface area contributed by atoms with Gasteiger partial charge in [0.05, 0.1) is 0 Å². The summed E-state index contributed by atoms with van der Waals surface area (Å²) in [4.78, 5) is 24.4. The van der Waals surface area contributed by atoms with Crippen LogP contribution in [0.5, 0.6) is 0 Å². The molecule has 2 saturated heterocycles. The molecule has 0 atom stereocenters. The zero-order valence-corrected chi connectivity index (χ0v) is 13.5. The van der Waals surface area contributed by atoms with Crippen LogP contribution in [0, 0.1) is 10.8 Å². The van der Waals surface area contributed by atoms with E-state index < -0.39 is 0 Å². The van der Waals surface area contributed by atoms with Crippen LogP contribution in [-0.2, 0) is 9.59 Å². The average molecular weight is 350 g/mol. The van der Waals surface area contributed by atoms with Crippen LogP contribution >= 0.6 is 0 Å². The third kappa shape index (κ3) is 1.86. The molecule has 0 aromatic rings. The molecule has 0 unspecified atom stereocenters. The first kappa shape index (κ1) is 12.6. The van der Waals surface area contributed by atoms with Gasteiger partial charge in [-0.25, -0.2) is 0 Å². The number of allylic oxidation sites excluding steroid dienone is 2. The van der Waals surface area contributed by atoms with Crippen molar-refractivity contribution in [2.75, 3.05) is 0 Å². The van der Waals surface area contributed by atoms with Crippen molar-refractivity contribution in [1.29, 1.82) is 0 Å². The van der Waals surface area contributed by atoms with Crippen LogP contribution in [0.25, 0.3) is 0 Å². The number of Topliss-reactive ketones (excluding diaryl/α,β-unsaturated/α-hetero) is 2.